The van der Waals surface area contributed by atoms with E-state index in [1.165, 1.54) is 28.9 Å². The van der Waals surface area contributed by atoms with Crippen molar-refractivity contribution in [3.8, 4) is 5.69 Å². The Bertz CT molecular complexity index is 2250. The van der Waals surface area contributed by atoms with Crippen LogP contribution in [0.15, 0.2) is 78.1 Å². The number of halogens is 3. The molecule has 2 aliphatic heterocycles. The van der Waals surface area contributed by atoms with E-state index in [0.717, 1.165) is 48.5 Å². The van der Waals surface area contributed by atoms with Gasteiger partial charge in [-0.2, -0.15) is 13.2 Å². The van der Waals surface area contributed by atoms with E-state index in [1.54, 1.807) is 40.8 Å². The molecule has 2 aromatic carbocycles. The van der Waals surface area contributed by atoms with Crippen LogP contribution in [0.3, 0.4) is 0 Å². The van der Waals surface area contributed by atoms with E-state index in [9.17, 15) is 27.9 Å². The molecule has 1 amide bonds. The summed E-state index contributed by atoms with van der Waals surface area (Å²) in [6.45, 7) is 12.1. The molecule has 0 aliphatic carbocycles. The number of carbonyl (C=O) groups excluding carboxylic acids is 1. The molecule has 0 radical (unpaired) electrons. The summed E-state index contributed by atoms with van der Waals surface area (Å²) in [5.41, 5.74) is 1.13. The minimum Gasteiger partial charge on any atom is -0.444 e. The molecule has 0 spiro atoms. The summed E-state index contributed by atoms with van der Waals surface area (Å²) in [5, 5.41) is 18.6. The van der Waals surface area contributed by atoms with Crippen molar-refractivity contribution in [1.29, 1.82) is 0 Å². The number of imidazole rings is 1. The number of hydrogen-bond donors (Lipinski definition) is 1. The number of nitrogens with zero attached hydrogens (tertiary/aromatic N) is 8. The number of carbonyl (C=O) groups is 1. The molecule has 58 heavy (non-hydrogen) atoms. The quantitative estimate of drug-likeness (QED) is 0.177. The molecule has 0 saturated carbocycles. The number of ether oxygens (including phenoxy) is 2. The number of rotatable bonds is 11. The van der Waals surface area contributed by atoms with E-state index < -0.39 is 29.1 Å². The Balaban J connectivity index is 0.906. The van der Waals surface area contributed by atoms with Gasteiger partial charge in [-0.1, -0.05) is 36.4 Å². The van der Waals surface area contributed by atoms with Gasteiger partial charge in [-0.3, -0.25) is 18.8 Å². The van der Waals surface area contributed by atoms with Crippen molar-refractivity contribution in [3.05, 3.63) is 117 Å². The molecular formula is C42H51F3N8O5. The SMILES string of the molecule is Cn1cnnc1[C@H](O)c1cccc(-n2cc3c(C(F)(F)F)cc(CN4CCC(COCc5ccc(CN6CCN(C(=O)OC(C)(C)C)CC6)cc5)CC4)cn3c2=O)c1. The van der Waals surface area contributed by atoms with Gasteiger partial charge in [0.25, 0.3) is 0 Å². The van der Waals surface area contributed by atoms with E-state index >= 15 is 0 Å². The Kier molecular flexibility index (Phi) is 12.1. The molecule has 2 fully saturated rings. The fraction of sp³-hybridized carbons (Fsp3) is 0.476. The first-order chi connectivity index (χ1) is 27.6. The molecular weight excluding hydrogens is 754 g/mol. The number of aliphatic hydroxyl groups excluding tert-OH is 1. The summed E-state index contributed by atoms with van der Waals surface area (Å²) in [5.74, 6) is 0.623. The average Bonchev–Trinajstić information content (AvgIpc) is 3.77. The lowest BCUT2D eigenvalue weighted by molar-refractivity contribution is -0.136. The van der Waals surface area contributed by atoms with Crippen LogP contribution in [-0.2, 0) is 42.4 Å². The van der Waals surface area contributed by atoms with Crippen LogP contribution in [-0.4, -0.2) is 101 Å². The predicted octanol–water partition coefficient (Wildman–Crippen LogP) is 5.80. The first-order valence-corrected chi connectivity index (χ1v) is 19.7. The zero-order chi connectivity index (χ0) is 41.2. The van der Waals surface area contributed by atoms with Crippen LogP contribution in [0.1, 0.15) is 73.4 Å². The molecule has 7 rings (SSSR count). The summed E-state index contributed by atoms with van der Waals surface area (Å²) >= 11 is 0. The molecule has 16 heteroatoms. The Morgan fingerprint density at radius 2 is 1.57 bits per heavy atom. The minimum absolute atomic E-state index is 0.249. The summed E-state index contributed by atoms with van der Waals surface area (Å²) in [6.07, 6.45) is -0.256. The summed E-state index contributed by atoms with van der Waals surface area (Å²) in [4.78, 5) is 32.2. The number of fused-ring (bicyclic) bond motifs is 1. The standard InChI is InChI=1S/C42H51F3N8O5/c1-41(2,3)58-40(56)51-18-16-50(17-19-51)22-29-8-10-30(11-9-29)26-57-27-31-12-14-49(15-13-31)23-32-20-35(42(43,44)45)36-25-52(39(55)53(36)24-32)34-7-5-6-33(21-34)37(54)38-47-46-28-48(38)4/h5-11,20-21,24-25,28,31,37,54H,12-19,22-23,26-27H2,1-4H3/t37-/m1/s1. The van der Waals surface area contributed by atoms with Gasteiger partial charge in [-0.25, -0.2) is 9.59 Å². The number of piperazine rings is 1. The number of aryl methyl sites for hydroxylation is 1. The molecule has 5 heterocycles. The Hall–Kier alpha value is -5.03. The van der Waals surface area contributed by atoms with Crippen molar-refractivity contribution in [3.63, 3.8) is 0 Å². The highest BCUT2D eigenvalue weighted by molar-refractivity contribution is 5.68. The Morgan fingerprint density at radius 1 is 0.897 bits per heavy atom. The van der Waals surface area contributed by atoms with Crippen molar-refractivity contribution in [1.82, 2.24) is 38.4 Å². The summed E-state index contributed by atoms with van der Waals surface area (Å²) < 4.78 is 58.7. The Morgan fingerprint density at radius 3 is 2.22 bits per heavy atom. The maximum atomic E-state index is 14.4. The number of alkyl halides is 3. The minimum atomic E-state index is -4.69. The second-order valence-electron chi connectivity index (χ2n) is 16.4. The zero-order valence-corrected chi connectivity index (χ0v) is 33.4. The lowest BCUT2D eigenvalue weighted by Gasteiger charge is -2.35. The maximum Gasteiger partial charge on any atom is 0.418 e. The normalized spacial score (nSPS) is 16.9. The average molecular weight is 805 g/mol. The molecule has 1 atom stereocenters. The van der Waals surface area contributed by atoms with Crippen LogP contribution in [0.2, 0.25) is 0 Å². The molecule has 1 N–H and O–H groups in total. The van der Waals surface area contributed by atoms with E-state index in [2.05, 4.69) is 44.3 Å². The largest absolute Gasteiger partial charge is 0.444 e. The number of likely N-dealkylation sites (tertiary alicyclic amines) is 1. The number of pyridine rings is 1. The maximum absolute atomic E-state index is 14.4. The smallest absolute Gasteiger partial charge is 0.418 e. The van der Waals surface area contributed by atoms with Gasteiger partial charge in [0.15, 0.2) is 5.82 Å². The van der Waals surface area contributed by atoms with E-state index in [-0.39, 0.29) is 24.0 Å². The first kappa shape index (κ1) is 41.1. The summed E-state index contributed by atoms with van der Waals surface area (Å²) in [7, 11) is 1.69. The van der Waals surface area contributed by atoms with Crippen molar-refractivity contribution in [2.45, 2.75) is 71.2 Å². The van der Waals surface area contributed by atoms with Gasteiger partial charge in [-0.15, -0.1) is 10.2 Å². The molecule has 310 valence electrons. The second kappa shape index (κ2) is 17.1. The van der Waals surface area contributed by atoms with Gasteiger partial charge in [0, 0.05) is 65.3 Å². The van der Waals surface area contributed by atoms with Crippen molar-refractivity contribution in [2.24, 2.45) is 13.0 Å². The third-order valence-electron chi connectivity index (χ3n) is 10.8. The monoisotopic (exact) mass is 804 g/mol. The third-order valence-corrected chi connectivity index (χ3v) is 10.8. The van der Waals surface area contributed by atoms with Crippen LogP contribution >= 0.6 is 0 Å². The number of benzene rings is 2. The third kappa shape index (κ3) is 9.80. The number of amides is 1. The first-order valence-electron chi connectivity index (χ1n) is 19.7. The summed E-state index contributed by atoms with van der Waals surface area (Å²) in [6, 6.07) is 16.0. The second-order valence-corrected chi connectivity index (χ2v) is 16.4. The van der Waals surface area contributed by atoms with Crippen LogP contribution in [0.4, 0.5) is 18.0 Å². The van der Waals surface area contributed by atoms with Gasteiger partial charge < -0.3 is 24.0 Å². The highest BCUT2D eigenvalue weighted by Gasteiger charge is 2.35. The Labute approximate surface area is 335 Å². The zero-order valence-electron chi connectivity index (χ0n) is 33.4. The van der Waals surface area contributed by atoms with Gasteiger partial charge in [0.2, 0.25) is 0 Å². The number of aromatic nitrogens is 5. The molecule has 5 aromatic rings. The molecule has 0 bridgehead atoms. The van der Waals surface area contributed by atoms with E-state index in [1.807, 2.05) is 20.8 Å². The molecule has 2 aliphatic rings. The van der Waals surface area contributed by atoms with E-state index in [0.29, 0.717) is 62.1 Å². The number of piperidine rings is 1. The van der Waals surface area contributed by atoms with Crippen molar-refractivity contribution in [2.75, 3.05) is 45.9 Å². The topological polar surface area (TPSA) is 123 Å². The molecule has 3 aromatic heterocycles. The predicted molar refractivity (Wildman–Crippen MR) is 210 cm³/mol. The van der Waals surface area contributed by atoms with Gasteiger partial charge in [0.1, 0.15) is 18.0 Å². The fourth-order valence-corrected chi connectivity index (χ4v) is 7.60. The molecule has 13 nitrogen and oxygen atoms in total. The van der Waals surface area contributed by atoms with Crippen LogP contribution in [0.5, 0.6) is 0 Å². The van der Waals surface area contributed by atoms with E-state index in [4.69, 9.17) is 9.47 Å². The van der Waals surface area contributed by atoms with Crippen LogP contribution in [0.25, 0.3) is 11.2 Å². The van der Waals surface area contributed by atoms with Gasteiger partial charge in [0.05, 0.1) is 23.4 Å². The van der Waals surface area contributed by atoms with Gasteiger partial charge in [-0.05, 0) is 93.1 Å². The van der Waals surface area contributed by atoms with Crippen LogP contribution in [0, 0.1) is 5.92 Å². The number of hydrogen-bond acceptors (Lipinski definition) is 9. The molecule has 2 saturated heterocycles. The fourth-order valence-electron chi connectivity index (χ4n) is 7.60. The lowest BCUT2D eigenvalue weighted by atomic mass is 9.97. The lowest BCUT2D eigenvalue weighted by Crippen LogP contribution is -2.49. The number of aliphatic hydroxyl groups is 1. The molecule has 0 unspecified atom stereocenters. The highest BCUT2D eigenvalue weighted by Crippen LogP contribution is 2.34. The van der Waals surface area contributed by atoms with Gasteiger partial charge >= 0.3 is 18.0 Å². The van der Waals surface area contributed by atoms with Crippen LogP contribution < -0.4 is 5.69 Å². The van der Waals surface area contributed by atoms with Crippen molar-refractivity contribution < 1.29 is 32.5 Å². The highest BCUT2D eigenvalue weighted by atomic mass is 19.4. The van der Waals surface area contributed by atoms with Crippen molar-refractivity contribution >= 4 is 11.6 Å².